The summed E-state index contributed by atoms with van der Waals surface area (Å²) < 4.78 is 0. The average molecular weight is 275 g/mol. The molecule has 0 spiro atoms. The number of rotatable bonds is 5. The highest BCUT2D eigenvalue weighted by atomic mass is 16.4. The molecule has 1 atom stereocenters. The van der Waals surface area contributed by atoms with Crippen LogP contribution in [0.25, 0.3) is 0 Å². The Balaban J connectivity index is 1.99. The van der Waals surface area contributed by atoms with Crippen LogP contribution < -0.4 is 5.32 Å². The predicted molar refractivity (Wildman–Crippen MR) is 77.7 cm³/mol. The maximum absolute atomic E-state index is 12.0. The van der Waals surface area contributed by atoms with Gasteiger partial charge in [0, 0.05) is 18.5 Å². The molecule has 1 aromatic rings. The molecule has 20 heavy (non-hydrogen) atoms. The minimum absolute atomic E-state index is 0.0281. The summed E-state index contributed by atoms with van der Waals surface area (Å²) in [5.41, 5.74) is 3.47. The lowest BCUT2D eigenvalue weighted by atomic mass is 9.90. The highest BCUT2D eigenvalue weighted by Gasteiger charge is 2.16. The van der Waals surface area contributed by atoms with Crippen LogP contribution in [-0.2, 0) is 22.4 Å². The van der Waals surface area contributed by atoms with E-state index in [1.807, 2.05) is 12.1 Å². The van der Waals surface area contributed by atoms with E-state index in [-0.39, 0.29) is 24.7 Å². The van der Waals surface area contributed by atoms with Crippen molar-refractivity contribution in [2.24, 2.45) is 5.92 Å². The average Bonchev–Trinajstić information content (AvgIpc) is 2.38. The molecule has 4 heteroatoms. The van der Waals surface area contributed by atoms with Gasteiger partial charge in [0.2, 0.25) is 5.91 Å². The Morgan fingerprint density at radius 1 is 1.25 bits per heavy atom. The number of amides is 1. The number of hydrogen-bond acceptors (Lipinski definition) is 2. The Morgan fingerprint density at radius 3 is 2.75 bits per heavy atom. The van der Waals surface area contributed by atoms with E-state index in [2.05, 4.69) is 11.4 Å². The minimum atomic E-state index is -0.859. The van der Waals surface area contributed by atoms with E-state index in [1.165, 1.54) is 17.5 Å². The number of aryl methyl sites for hydroxylation is 1. The first kappa shape index (κ1) is 14.6. The van der Waals surface area contributed by atoms with Crippen LogP contribution in [0.4, 0.5) is 5.69 Å². The monoisotopic (exact) mass is 275 g/mol. The van der Waals surface area contributed by atoms with Gasteiger partial charge in [-0.3, -0.25) is 9.59 Å². The van der Waals surface area contributed by atoms with E-state index < -0.39 is 5.97 Å². The van der Waals surface area contributed by atoms with Crippen LogP contribution in [0.1, 0.15) is 43.7 Å². The van der Waals surface area contributed by atoms with Crippen LogP contribution in [0.2, 0.25) is 0 Å². The Bertz CT molecular complexity index is 510. The fourth-order valence-corrected chi connectivity index (χ4v) is 2.79. The number of hydrogen-bond donors (Lipinski definition) is 2. The second kappa shape index (κ2) is 6.55. The molecule has 2 N–H and O–H groups in total. The lowest BCUT2D eigenvalue weighted by molar-refractivity contribution is -0.138. The molecule has 1 aliphatic rings. The molecule has 0 heterocycles. The summed E-state index contributed by atoms with van der Waals surface area (Å²) in [5.74, 6) is -1.10. The van der Waals surface area contributed by atoms with Crippen molar-refractivity contribution in [1.82, 2.24) is 0 Å². The van der Waals surface area contributed by atoms with Gasteiger partial charge in [0.05, 0.1) is 0 Å². The van der Waals surface area contributed by atoms with Gasteiger partial charge in [-0.15, -0.1) is 0 Å². The molecular formula is C16H21NO3. The number of anilines is 1. The summed E-state index contributed by atoms with van der Waals surface area (Å²) in [4.78, 5) is 22.6. The van der Waals surface area contributed by atoms with Crippen LogP contribution in [0.15, 0.2) is 18.2 Å². The van der Waals surface area contributed by atoms with Crippen molar-refractivity contribution in [2.45, 2.75) is 45.4 Å². The summed E-state index contributed by atoms with van der Waals surface area (Å²) in [6.45, 7) is 1.79. The third kappa shape index (κ3) is 3.83. The Kier molecular flexibility index (Phi) is 4.77. The molecule has 0 aliphatic heterocycles. The number of fused-ring (bicyclic) bond motifs is 1. The van der Waals surface area contributed by atoms with Gasteiger partial charge >= 0.3 is 5.97 Å². The molecule has 1 aromatic carbocycles. The molecule has 0 fully saturated rings. The van der Waals surface area contributed by atoms with E-state index >= 15 is 0 Å². The number of aliphatic carboxylic acids is 1. The summed E-state index contributed by atoms with van der Waals surface area (Å²) in [6, 6.07) is 6.03. The third-order valence-electron chi connectivity index (χ3n) is 3.73. The lowest BCUT2D eigenvalue weighted by Crippen LogP contribution is -2.18. The van der Waals surface area contributed by atoms with E-state index in [1.54, 1.807) is 6.92 Å². The number of nitrogens with one attached hydrogen (secondary N) is 1. The number of carbonyl (C=O) groups is 2. The predicted octanol–water partition coefficient (Wildman–Crippen LogP) is 3.00. The molecular weight excluding hydrogens is 254 g/mol. The summed E-state index contributed by atoms with van der Waals surface area (Å²) in [5, 5.41) is 11.7. The first-order valence-corrected chi connectivity index (χ1v) is 7.18. The zero-order chi connectivity index (χ0) is 14.5. The topological polar surface area (TPSA) is 66.4 Å². The molecule has 0 bridgehead atoms. The molecule has 2 rings (SSSR count). The molecule has 1 amide bonds. The van der Waals surface area contributed by atoms with Crippen molar-refractivity contribution in [3.05, 3.63) is 29.3 Å². The van der Waals surface area contributed by atoms with Crippen molar-refractivity contribution in [2.75, 3.05) is 5.32 Å². The molecule has 0 saturated heterocycles. The van der Waals surface area contributed by atoms with Gasteiger partial charge in [0.15, 0.2) is 0 Å². The van der Waals surface area contributed by atoms with Gasteiger partial charge in [0.1, 0.15) is 0 Å². The van der Waals surface area contributed by atoms with E-state index in [9.17, 15) is 9.59 Å². The molecule has 1 unspecified atom stereocenters. The van der Waals surface area contributed by atoms with Crippen molar-refractivity contribution >= 4 is 17.6 Å². The maximum atomic E-state index is 12.0. The van der Waals surface area contributed by atoms with Crippen LogP contribution in [0.5, 0.6) is 0 Å². The SMILES string of the molecule is CC(CC(=O)O)CC(=O)Nc1cccc2c1CCCC2. The largest absolute Gasteiger partial charge is 0.481 e. The Hall–Kier alpha value is -1.84. The second-order valence-electron chi connectivity index (χ2n) is 5.61. The quantitative estimate of drug-likeness (QED) is 0.868. The van der Waals surface area contributed by atoms with Crippen LogP contribution in [0.3, 0.4) is 0 Å². The number of carboxylic acid groups (broad SMARTS) is 1. The lowest BCUT2D eigenvalue weighted by Gasteiger charge is -2.20. The summed E-state index contributed by atoms with van der Waals surface area (Å²) in [6.07, 6.45) is 4.73. The number of carboxylic acids is 1. The molecule has 1 aliphatic carbocycles. The van der Waals surface area contributed by atoms with Crippen molar-refractivity contribution in [1.29, 1.82) is 0 Å². The molecule has 4 nitrogen and oxygen atoms in total. The van der Waals surface area contributed by atoms with Gasteiger partial charge in [0.25, 0.3) is 0 Å². The molecule has 0 aromatic heterocycles. The van der Waals surface area contributed by atoms with Gasteiger partial charge in [-0.1, -0.05) is 19.1 Å². The van der Waals surface area contributed by atoms with E-state index in [4.69, 9.17) is 5.11 Å². The Labute approximate surface area is 119 Å². The zero-order valence-electron chi connectivity index (χ0n) is 11.8. The fraction of sp³-hybridized carbons (Fsp3) is 0.500. The first-order valence-electron chi connectivity index (χ1n) is 7.18. The second-order valence-corrected chi connectivity index (χ2v) is 5.61. The summed E-state index contributed by atoms with van der Waals surface area (Å²) in [7, 11) is 0. The fourth-order valence-electron chi connectivity index (χ4n) is 2.79. The zero-order valence-corrected chi connectivity index (χ0v) is 11.8. The smallest absolute Gasteiger partial charge is 0.303 e. The van der Waals surface area contributed by atoms with Crippen molar-refractivity contribution in [3.8, 4) is 0 Å². The van der Waals surface area contributed by atoms with Crippen LogP contribution >= 0.6 is 0 Å². The maximum Gasteiger partial charge on any atom is 0.303 e. The number of carbonyl (C=O) groups excluding carboxylic acids is 1. The van der Waals surface area contributed by atoms with E-state index in [0.717, 1.165) is 24.9 Å². The van der Waals surface area contributed by atoms with Gasteiger partial charge < -0.3 is 10.4 Å². The molecule has 0 radical (unpaired) electrons. The van der Waals surface area contributed by atoms with Crippen molar-refractivity contribution in [3.63, 3.8) is 0 Å². The number of benzene rings is 1. The van der Waals surface area contributed by atoms with Gasteiger partial charge in [-0.2, -0.15) is 0 Å². The van der Waals surface area contributed by atoms with Crippen LogP contribution in [0, 0.1) is 5.92 Å². The Morgan fingerprint density at radius 2 is 2.00 bits per heavy atom. The van der Waals surface area contributed by atoms with E-state index in [0.29, 0.717) is 0 Å². The van der Waals surface area contributed by atoms with Crippen molar-refractivity contribution < 1.29 is 14.7 Å². The van der Waals surface area contributed by atoms with Crippen LogP contribution in [-0.4, -0.2) is 17.0 Å². The first-order chi connectivity index (χ1) is 9.56. The standard InChI is InChI=1S/C16H21NO3/c1-11(10-16(19)20)9-15(18)17-14-8-4-6-12-5-2-3-7-13(12)14/h4,6,8,11H,2-3,5,7,9-10H2,1H3,(H,17,18)(H,19,20). The highest BCUT2D eigenvalue weighted by Crippen LogP contribution is 2.28. The summed E-state index contributed by atoms with van der Waals surface area (Å²) >= 11 is 0. The van der Waals surface area contributed by atoms with Gasteiger partial charge in [-0.25, -0.2) is 0 Å². The van der Waals surface area contributed by atoms with Gasteiger partial charge in [-0.05, 0) is 48.8 Å². The molecule has 108 valence electrons. The normalized spacial score (nSPS) is 15.2. The third-order valence-corrected chi connectivity index (χ3v) is 3.73. The molecule has 0 saturated carbocycles. The highest BCUT2D eigenvalue weighted by molar-refractivity contribution is 5.92. The minimum Gasteiger partial charge on any atom is -0.481 e.